The predicted octanol–water partition coefficient (Wildman–Crippen LogP) is 3.21. The van der Waals surface area contributed by atoms with Crippen LogP contribution in [0, 0.1) is 6.92 Å². The maximum atomic E-state index is 12.3. The SMILES string of the molecule is CCNC(=NCCCc1cn(-c2ccccc2)nc1C)N1CCS(=O)(=O)C(C)(C)C1.I. The number of benzene rings is 1. The van der Waals surface area contributed by atoms with Crippen LogP contribution in [0.4, 0.5) is 0 Å². The van der Waals surface area contributed by atoms with Gasteiger partial charge in [-0.2, -0.15) is 5.10 Å². The molecule has 31 heavy (non-hydrogen) atoms. The average Bonchev–Trinajstić information content (AvgIpc) is 3.08. The number of para-hydroxylation sites is 1. The van der Waals surface area contributed by atoms with E-state index >= 15 is 0 Å². The van der Waals surface area contributed by atoms with E-state index in [1.807, 2.05) is 48.9 Å². The summed E-state index contributed by atoms with van der Waals surface area (Å²) in [5, 5.41) is 7.95. The second-order valence-electron chi connectivity index (χ2n) is 8.36. The molecule has 0 aliphatic carbocycles. The summed E-state index contributed by atoms with van der Waals surface area (Å²) in [4.78, 5) is 6.84. The van der Waals surface area contributed by atoms with E-state index in [9.17, 15) is 8.42 Å². The first kappa shape index (κ1) is 25.6. The van der Waals surface area contributed by atoms with E-state index in [-0.39, 0.29) is 29.7 Å². The first-order valence-electron chi connectivity index (χ1n) is 10.6. The smallest absolute Gasteiger partial charge is 0.193 e. The number of halogens is 1. The molecule has 0 bridgehead atoms. The number of aliphatic imine (C=N–C) groups is 1. The lowest BCUT2D eigenvalue weighted by atomic mass is 10.1. The van der Waals surface area contributed by atoms with Gasteiger partial charge in [-0.1, -0.05) is 18.2 Å². The van der Waals surface area contributed by atoms with Crippen molar-refractivity contribution < 1.29 is 8.42 Å². The highest BCUT2D eigenvalue weighted by molar-refractivity contribution is 14.0. The van der Waals surface area contributed by atoms with Gasteiger partial charge in [0, 0.05) is 32.4 Å². The van der Waals surface area contributed by atoms with Gasteiger partial charge in [0.15, 0.2) is 15.8 Å². The van der Waals surface area contributed by atoms with Crippen molar-refractivity contribution in [1.82, 2.24) is 20.0 Å². The van der Waals surface area contributed by atoms with E-state index in [1.165, 1.54) is 5.56 Å². The van der Waals surface area contributed by atoms with Crippen molar-refractivity contribution >= 4 is 39.8 Å². The summed E-state index contributed by atoms with van der Waals surface area (Å²) in [6.07, 6.45) is 3.91. The van der Waals surface area contributed by atoms with Crippen LogP contribution >= 0.6 is 24.0 Å². The molecule has 1 aliphatic rings. The molecular formula is C22H34IN5O2S. The van der Waals surface area contributed by atoms with Gasteiger partial charge in [-0.3, -0.25) is 4.99 Å². The molecule has 7 nitrogen and oxygen atoms in total. The predicted molar refractivity (Wildman–Crippen MR) is 137 cm³/mol. The number of guanidine groups is 1. The normalized spacial score (nSPS) is 17.8. The van der Waals surface area contributed by atoms with Gasteiger partial charge >= 0.3 is 0 Å². The maximum absolute atomic E-state index is 12.3. The molecule has 0 amide bonds. The average molecular weight is 560 g/mol. The first-order valence-corrected chi connectivity index (χ1v) is 12.2. The Morgan fingerprint density at radius 2 is 1.97 bits per heavy atom. The summed E-state index contributed by atoms with van der Waals surface area (Å²) >= 11 is 0. The van der Waals surface area contributed by atoms with Crippen LogP contribution in [-0.2, 0) is 16.3 Å². The molecule has 1 aromatic carbocycles. The van der Waals surface area contributed by atoms with E-state index in [1.54, 1.807) is 13.8 Å². The summed E-state index contributed by atoms with van der Waals surface area (Å²) in [5.41, 5.74) is 3.32. The molecule has 0 atom stereocenters. The first-order chi connectivity index (χ1) is 14.2. The van der Waals surface area contributed by atoms with Crippen LogP contribution in [0.5, 0.6) is 0 Å². The van der Waals surface area contributed by atoms with E-state index < -0.39 is 14.6 Å². The lowest BCUT2D eigenvalue weighted by Crippen LogP contribution is -2.57. The topological polar surface area (TPSA) is 79.6 Å². The van der Waals surface area contributed by atoms with Crippen LogP contribution < -0.4 is 5.32 Å². The Labute approximate surface area is 203 Å². The fraction of sp³-hybridized carbons (Fsp3) is 0.545. The fourth-order valence-electron chi connectivity index (χ4n) is 3.66. The number of rotatable bonds is 6. The number of aryl methyl sites for hydroxylation is 2. The van der Waals surface area contributed by atoms with Crippen molar-refractivity contribution in [3.8, 4) is 5.69 Å². The number of hydrogen-bond acceptors (Lipinski definition) is 4. The summed E-state index contributed by atoms with van der Waals surface area (Å²) in [6, 6.07) is 10.1. The molecule has 1 aromatic heterocycles. The zero-order valence-electron chi connectivity index (χ0n) is 18.8. The van der Waals surface area contributed by atoms with Crippen LogP contribution in [0.15, 0.2) is 41.5 Å². The Hall–Kier alpha value is -1.62. The molecule has 0 radical (unpaired) electrons. The minimum absolute atomic E-state index is 0. The van der Waals surface area contributed by atoms with E-state index in [0.717, 1.165) is 36.7 Å². The Kier molecular flexibility index (Phi) is 8.93. The number of nitrogens with zero attached hydrogens (tertiary/aromatic N) is 4. The molecule has 9 heteroatoms. The van der Waals surface area contributed by atoms with Gasteiger partial charge in [0.2, 0.25) is 0 Å². The molecule has 0 unspecified atom stereocenters. The zero-order chi connectivity index (χ0) is 21.8. The molecule has 1 N–H and O–H groups in total. The summed E-state index contributed by atoms with van der Waals surface area (Å²) in [5.74, 6) is 0.972. The Bertz CT molecular complexity index is 987. The van der Waals surface area contributed by atoms with Gasteiger partial charge in [-0.15, -0.1) is 24.0 Å². The highest BCUT2D eigenvalue weighted by Crippen LogP contribution is 2.23. The number of nitrogens with one attached hydrogen (secondary N) is 1. The maximum Gasteiger partial charge on any atom is 0.193 e. The quantitative estimate of drug-likeness (QED) is 0.255. The standard InChI is InChI=1S/C22H33N5O2S.HI/c1-5-23-21(26-14-15-30(28,29)22(3,4)17-26)24-13-9-10-19-16-27(25-18(19)2)20-11-7-6-8-12-20;/h6-8,11-12,16H,5,9-10,13-15,17H2,1-4H3,(H,23,24);1H. The molecule has 172 valence electrons. The Balaban J connectivity index is 0.00000341. The minimum atomic E-state index is -3.06. The van der Waals surface area contributed by atoms with E-state index in [4.69, 9.17) is 4.99 Å². The van der Waals surface area contributed by atoms with Crippen LogP contribution in [0.25, 0.3) is 5.69 Å². The van der Waals surface area contributed by atoms with E-state index in [0.29, 0.717) is 19.6 Å². The monoisotopic (exact) mass is 559 g/mol. The van der Waals surface area contributed by atoms with Gasteiger partial charge in [0.05, 0.1) is 21.9 Å². The van der Waals surface area contributed by atoms with Crippen molar-refractivity contribution in [2.75, 3.05) is 31.9 Å². The van der Waals surface area contributed by atoms with Crippen molar-refractivity contribution in [3.63, 3.8) is 0 Å². The molecule has 1 fully saturated rings. The second kappa shape index (κ2) is 10.8. The lowest BCUT2D eigenvalue weighted by molar-refractivity contribution is 0.353. The van der Waals surface area contributed by atoms with Crippen molar-refractivity contribution in [2.24, 2.45) is 4.99 Å². The molecule has 0 spiro atoms. The fourth-order valence-corrected chi connectivity index (χ4v) is 5.02. The number of sulfone groups is 1. The highest BCUT2D eigenvalue weighted by atomic mass is 127. The molecular weight excluding hydrogens is 525 g/mol. The van der Waals surface area contributed by atoms with Crippen LogP contribution in [-0.4, -0.2) is 65.7 Å². The largest absolute Gasteiger partial charge is 0.357 e. The highest BCUT2D eigenvalue weighted by Gasteiger charge is 2.40. The van der Waals surface area contributed by atoms with Crippen LogP contribution in [0.3, 0.4) is 0 Å². The molecule has 2 heterocycles. The third kappa shape index (κ3) is 6.21. The Morgan fingerprint density at radius 1 is 1.26 bits per heavy atom. The lowest BCUT2D eigenvalue weighted by Gasteiger charge is -2.39. The van der Waals surface area contributed by atoms with Crippen molar-refractivity contribution in [2.45, 2.75) is 45.3 Å². The van der Waals surface area contributed by atoms with Crippen molar-refractivity contribution in [3.05, 3.63) is 47.8 Å². The third-order valence-corrected chi connectivity index (χ3v) is 8.10. The summed E-state index contributed by atoms with van der Waals surface area (Å²) in [7, 11) is -3.06. The van der Waals surface area contributed by atoms with Crippen LogP contribution in [0.1, 0.15) is 38.4 Å². The molecule has 0 saturated carbocycles. The van der Waals surface area contributed by atoms with Crippen molar-refractivity contribution in [1.29, 1.82) is 0 Å². The van der Waals surface area contributed by atoms with Gasteiger partial charge in [0.25, 0.3) is 0 Å². The van der Waals surface area contributed by atoms with Crippen LogP contribution in [0.2, 0.25) is 0 Å². The van der Waals surface area contributed by atoms with E-state index in [2.05, 4.69) is 21.5 Å². The third-order valence-electron chi connectivity index (χ3n) is 5.57. The number of hydrogen-bond donors (Lipinski definition) is 1. The molecule has 1 saturated heterocycles. The summed E-state index contributed by atoms with van der Waals surface area (Å²) < 4.78 is 25.7. The molecule has 2 aromatic rings. The number of aromatic nitrogens is 2. The summed E-state index contributed by atoms with van der Waals surface area (Å²) in [6.45, 7) is 10.1. The van der Waals surface area contributed by atoms with Gasteiger partial charge in [-0.25, -0.2) is 13.1 Å². The molecule has 3 rings (SSSR count). The van der Waals surface area contributed by atoms with Gasteiger partial charge in [-0.05, 0) is 58.2 Å². The van der Waals surface area contributed by atoms with Gasteiger partial charge < -0.3 is 10.2 Å². The van der Waals surface area contributed by atoms with Gasteiger partial charge in [0.1, 0.15) is 0 Å². The minimum Gasteiger partial charge on any atom is -0.357 e. The second-order valence-corrected chi connectivity index (χ2v) is 11.1. The Morgan fingerprint density at radius 3 is 2.61 bits per heavy atom. The zero-order valence-corrected chi connectivity index (χ0v) is 22.0. The molecule has 1 aliphatic heterocycles.